The third-order valence-corrected chi connectivity index (χ3v) is 3.98. The molecule has 1 unspecified atom stereocenters. The molecule has 0 saturated heterocycles. The molecule has 1 atom stereocenters. The SMILES string of the molecule is CCCC(NC(=O)c1ccccc1Cl)c1nnc2ccccn12. The lowest BCUT2D eigenvalue weighted by Crippen LogP contribution is -2.30. The third-order valence-electron chi connectivity index (χ3n) is 3.65. The van der Waals surface area contributed by atoms with Gasteiger partial charge >= 0.3 is 0 Å². The molecule has 3 rings (SSSR count). The van der Waals surface area contributed by atoms with Crippen LogP contribution >= 0.6 is 11.6 Å². The van der Waals surface area contributed by atoms with Gasteiger partial charge < -0.3 is 5.32 Å². The van der Waals surface area contributed by atoms with Crippen LogP contribution in [0.4, 0.5) is 0 Å². The Morgan fingerprint density at radius 3 is 2.78 bits per heavy atom. The number of hydrogen-bond acceptors (Lipinski definition) is 3. The van der Waals surface area contributed by atoms with Gasteiger partial charge in [-0.3, -0.25) is 9.20 Å². The Labute approximate surface area is 139 Å². The summed E-state index contributed by atoms with van der Waals surface area (Å²) in [7, 11) is 0. The van der Waals surface area contributed by atoms with Crippen molar-refractivity contribution >= 4 is 23.2 Å². The number of carbonyl (C=O) groups is 1. The normalized spacial score (nSPS) is 12.3. The molecule has 0 saturated carbocycles. The molecule has 2 aromatic heterocycles. The highest BCUT2D eigenvalue weighted by molar-refractivity contribution is 6.33. The van der Waals surface area contributed by atoms with Gasteiger partial charge in [-0.05, 0) is 30.7 Å². The second-order valence-electron chi connectivity index (χ2n) is 5.28. The molecular weight excluding hydrogens is 312 g/mol. The Morgan fingerprint density at radius 1 is 1.22 bits per heavy atom. The van der Waals surface area contributed by atoms with E-state index in [4.69, 9.17) is 11.6 Å². The predicted octanol–water partition coefficient (Wildman–Crippen LogP) is 3.65. The monoisotopic (exact) mass is 328 g/mol. The zero-order valence-electron chi connectivity index (χ0n) is 12.7. The maximum atomic E-state index is 12.5. The zero-order chi connectivity index (χ0) is 16.2. The Hall–Kier alpha value is -2.40. The van der Waals surface area contributed by atoms with Crippen LogP contribution in [0.15, 0.2) is 48.7 Å². The first kappa shape index (κ1) is 15.5. The van der Waals surface area contributed by atoms with Crippen molar-refractivity contribution in [2.45, 2.75) is 25.8 Å². The van der Waals surface area contributed by atoms with Crippen molar-refractivity contribution in [3.05, 3.63) is 65.1 Å². The summed E-state index contributed by atoms with van der Waals surface area (Å²) in [6.45, 7) is 2.07. The van der Waals surface area contributed by atoms with E-state index in [-0.39, 0.29) is 11.9 Å². The predicted molar refractivity (Wildman–Crippen MR) is 89.6 cm³/mol. The molecule has 1 N–H and O–H groups in total. The maximum absolute atomic E-state index is 12.5. The van der Waals surface area contributed by atoms with Gasteiger partial charge in [-0.25, -0.2) is 0 Å². The number of pyridine rings is 1. The maximum Gasteiger partial charge on any atom is 0.253 e. The topological polar surface area (TPSA) is 59.3 Å². The minimum atomic E-state index is -0.221. The molecule has 1 amide bonds. The van der Waals surface area contributed by atoms with Gasteiger partial charge in [0, 0.05) is 6.20 Å². The summed E-state index contributed by atoms with van der Waals surface area (Å²) in [5.74, 6) is 0.518. The average Bonchev–Trinajstić information content (AvgIpc) is 2.99. The zero-order valence-corrected chi connectivity index (χ0v) is 13.5. The van der Waals surface area contributed by atoms with E-state index in [0.29, 0.717) is 10.6 Å². The lowest BCUT2D eigenvalue weighted by atomic mass is 10.1. The van der Waals surface area contributed by atoms with Crippen LogP contribution in [0, 0.1) is 0 Å². The van der Waals surface area contributed by atoms with E-state index >= 15 is 0 Å². The van der Waals surface area contributed by atoms with Gasteiger partial charge in [0.25, 0.3) is 5.91 Å². The molecular formula is C17H17ClN4O. The summed E-state index contributed by atoms with van der Waals surface area (Å²) in [6.07, 6.45) is 3.58. The second kappa shape index (κ2) is 6.79. The number of halogens is 1. The standard InChI is InChI=1S/C17H17ClN4O/c1-2-7-14(16-21-20-15-10-5-6-11-22(15)16)19-17(23)12-8-3-4-9-13(12)18/h3-6,8-11,14H,2,7H2,1H3,(H,19,23). The minimum Gasteiger partial charge on any atom is -0.342 e. The average molecular weight is 329 g/mol. The number of hydrogen-bond donors (Lipinski definition) is 1. The molecule has 3 aromatic rings. The van der Waals surface area contributed by atoms with E-state index in [9.17, 15) is 4.79 Å². The number of amides is 1. The molecule has 0 bridgehead atoms. The molecule has 23 heavy (non-hydrogen) atoms. The molecule has 2 heterocycles. The van der Waals surface area contributed by atoms with E-state index in [2.05, 4.69) is 22.4 Å². The van der Waals surface area contributed by atoms with Gasteiger partial charge in [0.15, 0.2) is 11.5 Å². The summed E-state index contributed by atoms with van der Waals surface area (Å²) in [6, 6.07) is 12.5. The van der Waals surface area contributed by atoms with Crippen LogP contribution in [0.1, 0.15) is 42.0 Å². The number of benzene rings is 1. The molecule has 0 aliphatic carbocycles. The number of aromatic nitrogens is 3. The van der Waals surface area contributed by atoms with Crippen molar-refractivity contribution < 1.29 is 4.79 Å². The summed E-state index contributed by atoms with van der Waals surface area (Å²) in [5.41, 5.74) is 1.22. The Kier molecular flexibility index (Phi) is 4.57. The minimum absolute atomic E-state index is 0.207. The number of nitrogens with one attached hydrogen (secondary N) is 1. The molecule has 118 valence electrons. The number of rotatable bonds is 5. The fourth-order valence-corrected chi connectivity index (χ4v) is 2.75. The molecule has 0 spiro atoms. The second-order valence-corrected chi connectivity index (χ2v) is 5.69. The molecule has 5 nitrogen and oxygen atoms in total. The smallest absolute Gasteiger partial charge is 0.253 e. The molecule has 1 aromatic carbocycles. The number of carbonyl (C=O) groups excluding carboxylic acids is 1. The summed E-state index contributed by atoms with van der Waals surface area (Å²) in [5, 5.41) is 11.9. The van der Waals surface area contributed by atoms with Crippen LogP contribution < -0.4 is 5.32 Å². The van der Waals surface area contributed by atoms with Crippen molar-refractivity contribution in [1.29, 1.82) is 0 Å². The van der Waals surface area contributed by atoms with Gasteiger partial charge in [-0.1, -0.05) is 43.1 Å². The first-order chi connectivity index (χ1) is 11.2. The van der Waals surface area contributed by atoms with Gasteiger partial charge in [-0.15, -0.1) is 10.2 Å². The summed E-state index contributed by atoms with van der Waals surface area (Å²) in [4.78, 5) is 12.5. The Balaban J connectivity index is 1.90. The largest absolute Gasteiger partial charge is 0.342 e. The Bertz CT molecular complexity index is 830. The number of fused-ring (bicyclic) bond motifs is 1. The van der Waals surface area contributed by atoms with Crippen molar-refractivity contribution in [2.75, 3.05) is 0 Å². The highest BCUT2D eigenvalue weighted by Crippen LogP contribution is 2.20. The first-order valence-electron chi connectivity index (χ1n) is 7.55. The van der Waals surface area contributed by atoms with Crippen LogP contribution in [0.3, 0.4) is 0 Å². The van der Waals surface area contributed by atoms with E-state index in [1.807, 2.05) is 28.8 Å². The van der Waals surface area contributed by atoms with Crippen LogP contribution in [0.5, 0.6) is 0 Å². The molecule has 0 fully saturated rings. The lowest BCUT2D eigenvalue weighted by molar-refractivity contribution is 0.0932. The van der Waals surface area contributed by atoms with Crippen molar-refractivity contribution in [3.63, 3.8) is 0 Å². The van der Waals surface area contributed by atoms with Gasteiger partial charge in [0.05, 0.1) is 16.6 Å². The van der Waals surface area contributed by atoms with Crippen molar-refractivity contribution in [1.82, 2.24) is 19.9 Å². The van der Waals surface area contributed by atoms with Crippen molar-refractivity contribution in [3.8, 4) is 0 Å². The fraction of sp³-hybridized carbons (Fsp3) is 0.235. The highest BCUT2D eigenvalue weighted by atomic mass is 35.5. The highest BCUT2D eigenvalue weighted by Gasteiger charge is 2.21. The third kappa shape index (κ3) is 3.19. The number of nitrogens with zero attached hydrogens (tertiary/aromatic N) is 3. The van der Waals surface area contributed by atoms with E-state index in [1.165, 1.54) is 0 Å². The molecule has 0 aliphatic rings. The summed E-state index contributed by atoms with van der Waals surface area (Å²) < 4.78 is 1.90. The molecule has 6 heteroatoms. The fourth-order valence-electron chi connectivity index (χ4n) is 2.53. The van der Waals surface area contributed by atoms with Crippen LogP contribution in [-0.4, -0.2) is 20.5 Å². The van der Waals surface area contributed by atoms with E-state index in [0.717, 1.165) is 24.3 Å². The van der Waals surface area contributed by atoms with Crippen LogP contribution in [0.25, 0.3) is 5.65 Å². The van der Waals surface area contributed by atoms with Gasteiger partial charge in [0.1, 0.15) is 0 Å². The van der Waals surface area contributed by atoms with Gasteiger partial charge in [-0.2, -0.15) is 0 Å². The van der Waals surface area contributed by atoms with Crippen LogP contribution in [-0.2, 0) is 0 Å². The lowest BCUT2D eigenvalue weighted by Gasteiger charge is -2.17. The summed E-state index contributed by atoms with van der Waals surface area (Å²) >= 11 is 6.11. The van der Waals surface area contributed by atoms with E-state index in [1.54, 1.807) is 24.3 Å². The van der Waals surface area contributed by atoms with E-state index < -0.39 is 0 Å². The van der Waals surface area contributed by atoms with Gasteiger partial charge in [0.2, 0.25) is 0 Å². The molecule has 0 radical (unpaired) electrons. The molecule has 0 aliphatic heterocycles. The quantitative estimate of drug-likeness (QED) is 0.777. The first-order valence-corrected chi connectivity index (χ1v) is 7.93. The van der Waals surface area contributed by atoms with Crippen LogP contribution in [0.2, 0.25) is 5.02 Å². The Morgan fingerprint density at radius 2 is 2.00 bits per heavy atom. The van der Waals surface area contributed by atoms with Crippen molar-refractivity contribution in [2.24, 2.45) is 0 Å².